The van der Waals surface area contributed by atoms with Crippen LogP contribution in [0.1, 0.15) is 40.0 Å². The lowest BCUT2D eigenvalue weighted by Crippen LogP contribution is -2.29. The van der Waals surface area contributed by atoms with Gasteiger partial charge < -0.3 is 19.5 Å². The quantitative estimate of drug-likeness (QED) is 0.236. The van der Waals surface area contributed by atoms with Gasteiger partial charge in [0.25, 0.3) is 11.7 Å². The Morgan fingerprint density at radius 1 is 0.943 bits per heavy atom. The van der Waals surface area contributed by atoms with Crippen molar-refractivity contribution in [2.75, 3.05) is 13.7 Å². The maximum absolute atomic E-state index is 13.2. The van der Waals surface area contributed by atoms with Crippen LogP contribution < -0.4 is 4.74 Å². The second kappa shape index (κ2) is 10.3. The normalized spacial score (nSPS) is 16.9. The molecule has 1 atom stereocenters. The van der Waals surface area contributed by atoms with Crippen LogP contribution in [0.3, 0.4) is 0 Å². The lowest BCUT2D eigenvalue weighted by molar-refractivity contribution is -0.140. The lowest BCUT2D eigenvalue weighted by atomic mass is 9.94. The van der Waals surface area contributed by atoms with Crippen molar-refractivity contribution in [3.05, 3.63) is 107 Å². The SMILES string of the molecule is CCOc1cccc(/C(O)=C2\C(=O)C(=O)N(Cc3ccccc3)C2c2ccc(C(=O)OC)cc2)c1. The lowest BCUT2D eigenvalue weighted by Gasteiger charge is -2.25. The average Bonchev–Trinajstić information content (AvgIpc) is 3.13. The van der Waals surface area contributed by atoms with E-state index >= 15 is 0 Å². The van der Waals surface area contributed by atoms with Crippen LogP contribution in [0.25, 0.3) is 5.76 Å². The van der Waals surface area contributed by atoms with Gasteiger partial charge in [-0.05, 0) is 42.3 Å². The predicted molar refractivity (Wildman–Crippen MR) is 130 cm³/mol. The van der Waals surface area contributed by atoms with Crippen LogP contribution in [-0.4, -0.2) is 41.4 Å². The number of carbonyl (C=O) groups is 3. The van der Waals surface area contributed by atoms with Gasteiger partial charge in [0.15, 0.2) is 0 Å². The van der Waals surface area contributed by atoms with Crippen LogP contribution in [0.4, 0.5) is 0 Å². The summed E-state index contributed by atoms with van der Waals surface area (Å²) in [4.78, 5) is 39.7. The van der Waals surface area contributed by atoms with Gasteiger partial charge in [0.05, 0.1) is 30.9 Å². The van der Waals surface area contributed by atoms with Gasteiger partial charge in [0.1, 0.15) is 11.5 Å². The van der Waals surface area contributed by atoms with E-state index in [-0.39, 0.29) is 17.9 Å². The third-order valence-electron chi connectivity index (χ3n) is 5.80. The van der Waals surface area contributed by atoms with Gasteiger partial charge in [0, 0.05) is 12.1 Å². The Hall–Kier alpha value is -4.39. The number of hydrogen-bond acceptors (Lipinski definition) is 6. The van der Waals surface area contributed by atoms with E-state index in [1.165, 1.54) is 12.0 Å². The maximum atomic E-state index is 13.2. The molecule has 0 saturated carbocycles. The highest BCUT2D eigenvalue weighted by atomic mass is 16.5. The minimum atomic E-state index is -0.849. The Kier molecular flexibility index (Phi) is 6.96. The molecular weight excluding hydrogens is 446 g/mol. The zero-order valence-electron chi connectivity index (χ0n) is 19.4. The molecule has 0 bridgehead atoms. The number of aliphatic hydroxyl groups is 1. The standard InChI is InChI=1S/C28H25NO6/c1-3-35-22-11-7-10-21(16-22)25(30)23-24(19-12-14-20(15-13-19)28(33)34-2)29(27(32)26(23)31)17-18-8-5-4-6-9-18/h4-16,24,30H,3,17H2,1-2H3/b25-23+. The van der Waals surface area contributed by atoms with E-state index in [2.05, 4.69) is 0 Å². The van der Waals surface area contributed by atoms with E-state index in [9.17, 15) is 19.5 Å². The van der Waals surface area contributed by atoms with Crippen molar-refractivity contribution < 1.29 is 29.0 Å². The molecule has 1 aliphatic heterocycles. The number of ether oxygens (including phenoxy) is 2. The number of rotatable bonds is 7. The summed E-state index contributed by atoms with van der Waals surface area (Å²) < 4.78 is 10.3. The largest absolute Gasteiger partial charge is 0.507 e. The fraction of sp³-hybridized carbons (Fsp3) is 0.179. The van der Waals surface area contributed by atoms with E-state index < -0.39 is 23.7 Å². The van der Waals surface area contributed by atoms with E-state index in [4.69, 9.17) is 9.47 Å². The van der Waals surface area contributed by atoms with Crippen LogP contribution in [0.2, 0.25) is 0 Å². The number of ketones is 1. The van der Waals surface area contributed by atoms with Crippen molar-refractivity contribution in [1.82, 2.24) is 4.90 Å². The van der Waals surface area contributed by atoms with Crippen molar-refractivity contribution in [3.8, 4) is 5.75 Å². The summed E-state index contributed by atoms with van der Waals surface area (Å²) in [6, 6.07) is 21.6. The van der Waals surface area contributed by atoms with Crippen molar-refractivity contribution in [2.24, 2.45) is 0 Å². The van der Waals surface area contributed by atoms with Gasteiger partial charge in [-0.3, -0.25) is 9.59 Å². The first kappa shape index (κ1) is 23.8. The Morgan fingerprint density at radius 2 is 1.66 bits per heavy atom. The first-order chi connectivity index (χ1) is 16.9. The molecule has 1 N–H and O–H groups in total. The molecule has 1 aliphatic rings. The molecular formula is C28H25NO6. The highest BCUT2D eigenvalue weighted by molar-refractivity contribution is 6.46. The molecule has 1 heterocycles. The zero-order chi connectivity index (χ0) is 24.9. The average molecular weight is 472 g/mol. The molecule has 178 valence electrons. The maximum Gasteiger partial charge on any atom is 0.337 e. The third-order valence-corrected chi connectivity index (χ3v) is 5.80. The van der Waals surface area contributed by atoms with Gasteiger partial charge in [-0.25, -0.2) is 4.79 Å². The van der Waals surface area contributed by atoms with E-state index in [0.29, 0.717) is 29.0 Å². The number of nitrogens with zero attached hydrogens (tertiary/aromatic N) is 1. The molecule has 1 fully saturated rings. The number of likely N-dealkylation sites (tertiary alicyclic amines) is 1. The molecule has 3 aromatic rings. The van der Waals surface area contributed by atoms with E-state index in [0.717, 1.165) is 5.56 Å². The van der Waals surface area contributed by atoms with Crippen molar-refractivity contribution in [3.63, 3.8) is 0 Å². The second-order valence-electron chi connectivity index (χ2n) is 7.99. The molecule has 0 radical (unpaired) electrons. The Balaban J connectivity index is 1.84. The van der Waals surface area contributed by atoms with Gasteiger partial charge in [0.2, 0.25) is 0 Å². The molecule has 3 aromatic carbocycles. The number of Topliss-reactive ketones (excluding diaryl/α,β-unsaturated/α-hetero) is 1. The van der Waals surface area contributed by atoms with Gasteiger partial charge in [-0.2, -0.15) is 0 Å². The third kappa shape index (κ3) is 4.80. The summed E-state index contributed by atoms with van der Waals surface area (Å²) in [6.45, 7) is 2.46. The van der Waals surface area contributed by atoms with Gasteiger partial charge in [-0.15, -0.1) is 0 Å². The molecule has 0 aromatic heterocycles. The molecule has 7 heteroatoms. The fourth-order valence-electron chi connectivity index (χ4n) is 4.14. The Labute approximate surface area is 203 Å². The van der Waals surface area contributed by atoms with E-state index in [1.54, 1.807) is 48.5 Å². The summed E-state index contributed by atoms with van der Waals surface area (Å²) in [5.41, 5.74) is 2.09. The van der Waals surface area contributed by atoms with Crippen LogP contribution in [-0.2, 0) is 20.9 Å². The van der Waals surface area contributed by atoms with Crippen LogP contribution >= 0.6 is 0 Å². The van der Waals surface area contributed by atoms with Gasteiger partial charge >= 0.3 is 5.97 Å². The monoisotopic (exact) mass is 471 g/mol. The minimum absolute atomic E-state index is 0.0228. The van der Waals surface area contributed by atoms with Crippen molar-refractivity contribution in [2.45, 2.75) is 19.5 Å². The smallest absolute Gasteiger partial charge is 0.337 e. The Morgan fingerprint density at radius 3 is 2.31 bits per heavy atom. The summed E-state index contributed by atoms with van der Waals surface area (Å²) >= 11 is 0. The molecule has 35 heavy (non-hydrogen) atoms. The first-order valence-electron chi connectivity index (χ1n) is 11.2. The highest BCUT2D eigenvalue weighted by Gasteiger charge is 2.46. The number of benzene rings is 3. The van der Waals surface area contributed by atoms with Gasteiger partial charge in [-0.1, -0.05) is 54.6 Å². The Bertz CT molecular complexity index is 1280. The van der Waals surface area contributed by atoms with Crippen LogP contribution in [0.5, 0.6) is 5.75 Å². The van der Waals surface area contributed by atoms with Crippen molar-refractivity contribution in [1.29, 1.82) is 0 Å². The highest BCUT2D eigenvalue weighted by Crippen LogP contribution is 2.40. The summed E-state index contributed by atoms with van der Waals surface area (Å²) in [6.07, 6.45) is 0. The number of carbonyl (C=O) groups excluding carboxylic acids is 3. The zero-order valence-corrected chi connectivity index (χ0v) is 19.4. The molecule has 4 rings (SSSR count). The minimum Gasteiger partial charge on any atom is -0.507 e. The number of aliphatic hydroxyl groups excluding tert-OH is 1. The topological polar surface area (TPSA) is 93.1 Å². The second-order valence-corrected chi connectivity index (χ2v) is 7.99. The van der Waals surface area contributed by atoms with E-state index in [1.807, 2.05) is 37.3 Å². The number of amides is 1. The molecule has 1 unspecified atom stereocenters. The number of methoxy groups -OCH3 is 1. The summed E-state index contributed by atoms with van der Waals surface area (Å²) in [7, 11) is 1.29. The van der Waals surface area contributed by atoms with Crippen LogP contribution in [0, 0.1) is 0 Å². The fourth-order valence-corrected chi connectivity index (χ4v) is 4.14. The number of esters is 1. The summed E-state index contributed by atoms with van der Waals surface area (Å²) in [5, 5.41) is 11.2. The molecule has 1 saturated heterocycles. The number of hydrogen-bond donors (Lipinski definition) is 1. The molecule has 7 nitrogen and oxygen atoms in total. The predicted octanol–water partition coefficient (Wildman–Crippen LogP) is 4.49. The molecule has 1 amide bonds. The first-order valence-corrected chi connectivity index (χ1v) is 11.2. The molecule has 0 aliphatic carbocycles. The summed E-state index contributed by atoms with van der Waals surface area (Å²) in [5.74, 6) is -1.74. The van der Waals surface area contributed by atoms with Crippen molar-refractivity contribution >= 4 is 23.4 Å². The molecule has 0 spiro atoms. The van der Waals surface area contributed by atoms with Crippen LogP contribution in [0.15, 0.2) is 84.4 Å².